The number of urea groups is 1. The average Bonchev–Trinajstić information content (AvgIpc) is 2.93. The van der Waals surface area contributed by atoms with Gasteiger partial charge in [-0.05, 0) is 47.0 Å². The van der Waals surface area contributed by atoms with Gasteiger partial charge in [0.15, 0.2) is 0 Å². The molecule has 0 atom stereocenters. The van der Waals surface area contributed by atoms with Crippen molar-refractivity contribution >= 4 is 11.9 Å². The highest BCUT2D eigenvalue weighted by Gasteiger charge is 2.58. The molecule has 2 N–H and O–H groups in total. The zero-order chi connectivity index (χ0) is 25.1. The molecule has 2 rings (SSSR count). The third-order valence-electron chi connectivity index (χ3n) is 7.65. The summed E-state index contributed by atoms with van der Waals surface area (Å²) in [6, 6.07) is -0.195. The van der Waals surface area contributed by atoms with Gasteiger partial charge in [-0.25, -0.2) is 4.79 Å². The van der Waals surface area contributed by atoms with Crippen LogP contribution in [0.15, 0.2) is 0 Å². The molecule has 198 valence electrons. The van der Waals surface area contributed by atoms with Gasteiger partial charge in [-0.2, -0.15) is 0 Å². The van der Waals surface area contributed by atoms with Crippen LogP contribution >= 0.6 is 0 Å². The van der Waals surface area contributed by atoms with Crippen molar-refractivity contribution in [3.8, 4) is 0 Å². The maximum Gasteiger partial charge on any atom is 0.325 e. The topological polar surface area (TPSA) is 61.4 Å². The number of rotatable bonds is 17. The van der Waals surface area contributed by atoms with Crippen molar-refractivity contribution in [1.29, 1.82) is 0 Å². The van der Waals surface area contributed by atoms with Crippen molar-refractivity contribution in [2.24, 2.45) is 0 Å². The summed E-state index contributed by atoms with van der Waals surface area (Å²) < 4.78 is 0. The molecule has 0 radical (unpaired) electrons. The summed E-state index contributed by atoms with van der Waals surface area (Å²) in [7, 11) is 0. The summed E-state index contributed by atoms with van der Waals surface area (Å²) >= 11 is 0. The first kappa shape index (κ1) is 29.1. The SMILES string of the molecule is CCCCCCCCCCCCCCCCCCN1C(=O)NC2(CC(C)(C)NC(C)(C)C2)C1=O. The lowest BCUT2D eigenvalue weighted by atomic mass is 9.71. The highest BCUT2D eigenvalue weighted by atomic mass is 16.2. The van der Waals surface area contributed by atoms with Crippen LogP contribution in [0.3, 0.4) is 0 Å². The van der Waals surface area contributed by atoms with Gasteiger partial charge in [0.1, 0.15) is 5.54 Å². The third-order valence-corrected chi connectivity index (χ3v) is 7.65. The van der Waals surface area contributed by atoms with E-state index in [9.17, 15) is 9.59 Å². The Balaban J connectivity index is 1.51. The molecule has 0 saturated carbocycles. The largest absolute Gasteiger partial charge is 0.325 e. The molecule has 5 heteroatoms. The molecular formula is C29H55N3O2. The minimum atomic E-state index is -0.746. The highest BCUT2D eigenvalue weighted by Crippen LogP contribution is 2.39. The Bertz CT molecular complexity index is 613. The van der Waals surface area contributed by atoms with Crippen LogP contribution in [-0.4, -0.2) is 40.0 Å². The highest BCUT2D eigenvalue weighted by molar-refractivity contribution is 6.07. The molecule has 0 aromatic carbocycles. The van der Waals surface area contributed by atoms with Gasteiger partial charge < -0.3 is 10.6 Å². The van der Waals surface area contributed by atoms with E-state index in [0.717, 1.165) is 12.8 Å². The van der Waals surface area contributed by atoms with Crippen molar-refractivity contribution in [3.05, 3.63) is 0 Å². The standard InChI is InChI=1S/C29H55N3O2/c1-6-7-8-9-10-11-12-13-14-15-16-17-18-19-20-21-22-32-25(33)29(30-26(32)34)23-27(2,3)31-28(4,5)24-29/h31H,6-24H2,1-5H3,(H,30,34). The van der Waals surface area contributed by atoms with Gasteiger partial charge in [-0.15, -0.1) is 0 Å². The van der Waals surface area contributed by atoms with Crippen LogP contribution in [0.2, 0.25) is 0 Å². The van der Waals surface area contributed by atoms with Crippen molar-refractivity contribution < 1.29 is 9.59 Å². The van der Waals surface area contributed by atoms with Crippen LogP contribution in [-0.2, 0) is 4.79 Å². The molecule has 0 aromatic rings. The van der Waals surface area contributed by atoms with Crippen molar-refractivity contribution in [2.75, 3.05) is 6.54 Å². The van der Waals surface area contributed by atoms with E-state index >= 15 is 0 Å². The molecule has 2 aliphatic heterocycles. The van der Waals surface area contributed by atoms with Crippen LogP contribution in [0.25, 0.3) is 0 Å². The Morgan fingerprint density at radius 3 is 1.44 bits per heavy atom. The van der Waals surface area contributed by atoms with E-state index in [2.05, 4.69) is 45.3 Å². The number of nitrogens with one attached hydrogen (secondary N) is 2. The van der Waals surface area contributed by atoms with Crippen LogP contribution < -0.4 is 10.6 Å². The van der Waals surface area contributed by atoms with E-state index in [-0.39, 0.29) is 23.0 Å². The van der Waals surface area contributed by atoms with Gasteiger partial charge in [0.05, 0.1) is 0 Å². The van der Waals surface area contributed by atoms with Gasteiger partial charge in [0, 0.05) is 17.6 Å². The second-order valence-electron chi connectivity index (χ2n) is 12.5. The Hall–Kier alpha value is -1.10. The monoisotopic (exact) mass is 477 g/mol. The first-order valence-corrected chi connectivity index (χ1v) is 14.5. The summed E-state index contributed by atoms with van der Waals surface area (Å²) in [5.74, 6) is -0.0129. The minimum Gasteiger partial charge on any atom is -0.323 e. The zero-order valence-corrected chi connectivity index (χ0v) is 23.2. The van der Waals surface area contributed by atoms with Crippen molar-refractivity contribution in [2.45, 2.75) is 167 Å². The molecule has 0 bridgehead atoms. The number of nitrogens with zero attached hydrogens (tertiary/aromatic N) is 1. The molecule has 0 aromatic heterocycles. The minimum absolute atomic E-state index is 0.0129. The number of hydrogen-bond donors (Lipinski definition) is 2. The normalized spacial score (nSPS) is 20.8. The smallest absolute Gasteiger partial charge is 0.323 e. The summed E-state index contributed by atoms with van der Waals surface area (Å²) in [5, 5.41) is 6.70. The lowest BCUT2D eigenvalue weighted by Gasteiger charge is -2.50. The fraction of sp³-hybridized carbons (Fsp3) is 0.931. The summed E-state index contributed by atoms with van der Waals surface area (Å²) in [4.78, 5) is 27.4. The Morgan fingerprint density at radius 1 is 0.647 bits per heavy atom. The number of imide groups is 1. The lowest BCUT2D eigenvalue weighted by Crippen LogP contribution is -2.68. The van der Waals surface area contributed by atoms with E-state index in [1.165, 1.54) is 94.8 Å². The molecule has 2 heterocycles. The average molecular weight is 478 g/mol. The quantitative estimate of drug-likeness (QED) is 0.169. The predicted molar refractivity (Wildman–Crippen MR) is 143 cm³/mol. The number of carbonyl (C=O) groups is 2. The lowest BCUT2D eigenvalue weighted by molar-refractivity contribution is -0.134. The van der Waals surface area contributed by atoms with Crippen LogP contribution in [0, 0.1) is 0 Å². The number of piperidine rings is 1. The molecule has 3 amide bonds. The van der Waals surface area contributed by atoms with Crippen molar-refractivity contribution in [3.63, 3.8) is 0 Å². The maximum atomic E-state index is 13.3. The summed E-state index contributed by atoms with van der Waals surface area (Å²) in [6.45, 7) is 11.3. The molecule has 0 aliphatic carbocycles. The number of hydrogen-bond acceptors (Lipinski definition) is 3. The molecule has 1 spiro atoms. The van der Waals surface area contributed by atoms with Gasteiger partial charge >= 0.3 is 6.03 Å². The number of unbranched alkanes of at least 4 members (excludes halogenated alkanes) is 15. The Kier molecular flexibility index (Phi) is 11.9. The fourth-order valence-corrected chi connectivity index (χ4v) is 6.51. The van der Waals surface area contributed by atoms with Crippen LogP contribution in [0.5, 0.6) is 0 Å². The Morgan fingerprint density at radius 2 is 1.03 bits per heavy atom. The number of carbonyl (C=O) groups excluding carboxylic acids is 2. The zero-order valence-electron chi connectivity index (χ0n) is 23.2. The first-order valence-electron chi connectivity index (χ1n) is 14.5. The predicted octanol–water partition coefficient (Wildman–Crippen LogP) is 7.48. The van der Waals surface area contributed by atoms with Gasteiger partial charge in [-0.1, -0.05) is 103 Å². The Labute approximate surface area is 210 Å². The van der Waals surface area contributed by atoms with Gasteiger partial charge in [0.25, 0.3) is 5.91 Å². The van der Waals surface area contributed by atoms with E-state index in [1.807, 2.05) is 0 Å². The molecule has 2 saturated heterocycles. The van der Waals surface area contributed by atoms with E-state index in [1.54, 1.807) is 0 Å². The maximum absolute atomic E-state index is 13.3. The van der Waals surface area contributed by atoms with Crippen LogP contribution in [0.4, 0.5) is 4.79 Å². The fourth-order valence-electron chi connectivity index (χ4n) is 6.51. The van der Waals surface area contributed by atoms with E-state index < -0.39 is 5.54 Å². The molecule has 0 unspecified atom stereocenters. The second kappa shape index (κ2) is 13.8. The van der Waals surface area contributed by atoms with Gasteiger partial charge in [0.2, 0.25) is 0 Å². The first-order chi connectivity index (χ1) is 16.1. The molecule has 2 fully saturated rings. The molecule has 2 aliphatic rings. The summed E-state index contributed by atoms with van der Waals surface area (Å²) in [5.41, 5.74) is -1.12. The molecule has 5 nitrogen and oxygen atoms in total. The molecular weight excluding hydrogens is 422 g/mol. The van der Waals surface area contributed by atoms with E-state index in [4.69, 9.17) is 0 Å². The number of amides is 3. The molecule has 34 heavy (non-hydrogen) atoms. The third kappa shape index (κ3) is 9.51. The van der Waals surface area contributed by atoms with E-state index in [0.29, 0.717) is 19.4 Å². The second-order valence-corrected chi connectivity index (χ2v) is 12.5. The van der Waals surface area contributed by atoms with Crippen LogP contribution in [0.1, 0.15) is 150 Å². The van der Waals surface area contributed by atoms with Crippen molar-refractivity contribution in [1.82, 2.24) is 15.5 Å². The summed E-state index contributed by atoms with van der Waals surface area (Å²) in [6.07, 6.45) is 22.5. The van der Waals surface area contributed by atoms with Gasteiger partial charge in [-0.3, -0.25) is 9.69 Å².